The molecular formula is C7H4F2O. The van der Waals surface area contributed by atoms with Crippen molar-refractivity contribution < 1.29 is 13.2 Å². The molecule has 1 aromatic rings. The van der Waals surface area contributed by atoms with Gasteiger partial charge in [0, 0.05) is 0 Å². The SMILES string of the molecule is C#CC(F)(F)c1ccoc1. The van der Waals surface area contributed by atoms with Crippen LogP contribution in [0.5, 0.6) is 0 Å². The number of hydrogen-bond acceptors (Lipinski definition) is 1. The summed E-state index contributed by atoms with van der Waals surface area (Å²) < 4.78 is 29.3. The number of terminal acetylenes is 1. The summed E-state index contributed by atoms with van der Waals surface area (Å²) in [5, 5.41) is 0. The quantitative estimate of drug-likeness (QED) is 0.546. The molecule has 3 heteroatoms. The number of hydrogen-bond donors (Lipinski definition) is 0. The van der Waals surface area contributed by atoms with Crippen molar-refractivity contribution in [3.8, 4) is 12.3 Å². The van der Waals surface area contributed by atoms with E-state index in [4.69, 9.17) is 0 Å². The fourth-order valence-corrected chi connectivity index (χ4v) is 0.526. The van der Waals surface area contributed by atoms with Crippen molar-refractivity contribution in [3.63, 3.8) is 0 Å². The first kappa shape index (κ1) is 6.81. The molecule has 1 aromatic heterocycles. The van der Waals surface area contributed by atoms with Gasteiger partial charge in [0.25, 0.3) is 0 Å². The van der Waals surface area contributed by atoms with E-state index in [0.29, 0.717) is 0 Å². The molecule has 0 aliphatic carbocycles. The van der Waals surface area contributed by atoms with E-state index in [9.17, 15) is 8.78 Å². The summed E-state index contributed by atoms with van der Waals surface area (Å²) in [5.74, 6) is -1.85. The third-order valence-corrected chi connectivity index (χ3v) is 1.07. The molecule has 10 heavy (non-hydrogen) atoms. The Morgan fingerprint density at radius 2 is 2.30 bits per heavy atom. The van der Waals surface area contributed by atoms with E-state index >= 15 is 0 Å². The van der Waals surface area contributed by atoms with Gasteiger partial charge in [0.15, 0.2) is 0 Å². The van der Waals surface area contributed by atoms with Gasteiger partial charge in [0.2, 0.25) is 0 Å². The summed E-state index contributed by atoms with van der Waals surface area (Å²) in [6.45, 7) is 0. The largest absolute Gasteiger partial charge is 0.472 e. The summed E-state index contributed by atoms with van der Waals surface area (Å²) in [6.07, 6.45) is 6.64. The van der Waals surface area contributed by atoms with E-state index in [1.54, 1.807) is 0 Å². The van der Waals surface area contributed by atoms with Crippen molar-refractivity contribution in [2.24, 2.45) is 0 Å². The van der Waals surface area contributed by atoms with E-state index in [-0.39, 0.29) is 5.56 Å². The van der Waals surface area contributed by atoms with Gasteiger partial charge < -0.3 is 4.42 Å². The highest BCUT2D eigenvalue weighted by atomic mass is 19.3. The number of alkyl halides is 2. The Labute approximate surface area is 56.7 Å². The average Bonchev–Trinajstić information content (AvgIpc) is 2.38. The molecule has 1 heterocycles. The highest BCUT2D eigenvalue weighted by Gasteiger charge is 2.29. The van der Waals surface area contributed by atoms with Crippen LogP contribution in [0.4, 0.5) is 8.78 Å². The summed E-state index contributed by atoms with van der Waals surface area (Å²) >= 11 is 0. The van der Waals surface area contributed by atoms with Crippen molar-refractivity contribution >= 4 is 0 Å². The Hall–Kier alpha value is -1.30. The van der Waals surface area contributed by atoms with Gasteiger partial charge >= 0.3 is 5.92 Å². The lowest BCUT2D eigenvalue weighted by atomic mass is 10.2. The Morgan fingerprint density at radius 1 is 1.60 bits per heavy atom. The van der Waals surface area contributed by atoms with Crippen LogP contribution in [-0.2, 0) is 5.92 Å². The maximum absolute atomic E-state index is 12.4. The van der Waals surface area contributed by atoms with Crippen LogP contribution in [0.3, 0.4) is 0 Å². The smallest absolute Gasteiger partial charge is 0.336 e. The standard InChI is InChI=1S/C7H4F2O/c1-2-7(8,9)6-3-4-10-5-6/h1,3-5H. The van der Waals surface area contributed by atoms with Gasteiger partial charge in [-0.25, -0.2) is 0 Å². The lowest BCUT2D eigenvalue weighted by Gasteiger charge is -2.03. The van der Waals surface area contributed by atoms with E-state index in [2.05, 4.69) is 10.8 Å². The molecule has 0 spiro atoms. The summed E-state index contributed by atoms with van der Waals surface area (Å²) in [5.41, 5.74) is -0.282. The molecule has 0 radical (unpaired) electrons. The average molecular weight is 142 g/mol. The fourth-order valence-electron chi connectivity index (χ4n) is 0.526. The highest BCUT2D eigenvalue weighted by Crippen LogP contribution is 2.26. The van der Waals surface area contributed by atoms with Crippen LogP contribution in [0.2, 0.25) is 0 Å². The zero-order valence-corrected chi connectivity index (χ0v) is 4.97. The third kappa shape index (κ3) is 1.01. The molecule has 0 atom stereocenters. The van der Waals surface area contributed by atoms with Gasteiger partial charge in [-0.2, -0.15) is 8.78 Å². The van der Waals surface area contributed by atoms with Crippen molar-refractivity contribution in [2.45, 2.75) is 5.92 Å². The van der Waals surface area contributed by atoms with Crippen molar-refractivity contribution in [3.05, 3.63) is 24.2 Å². The van der Waals surface area contributed by atoms with E-state index in [1.165, 1.54) is 5.92 Å². The molecule has 0 aliphatic rings. The maximum atomic E-state index is 12.4. The van der Waals surface area contributed by atoms with Gasteiger partial charge in [-0.15, -0.1) is 6.42 Å². The molecule has 52 valence electrons. The molecule has 0 amide bonds. The lowest BCUT2D eigenvalue weighted by Crippen LogP contribution is -2.07. The zero-order valence-electron chi connectivity index (χ0n) is 4.97. The lowest BCUT2D eigenvalue weighted by molar-refractivity contribution is 0.0634. The molecule has 0 aliphatic heterocycles. The second-order valence-electron chi connectivity index (χ2n) is 1.73. The fraction of sp³-hybridized carbons (Fsp3) is 0.143. The Morgan fingerprint density at radius 3 is 2.70 bits per heavy atom. The van der Waals surface area contributed by atoms with E-state index in [0.717, 1.165) is 18.6 Å². The van der Waals surface area contributed by atoms with Crippen molar-refractivity contribution in [1.29, 1.82) is 0 Å². The van der Waals surface area contributed by atoms with Crippen LogP contribution < -0.4 is 0 Å². The Balaban J connectivity index is 2.99. The monoisotopic (exact) mass is 142 g/mol. The topological polar surface area (TPSA) is 13.1 Å². The Kier molecular flexibility index (Phi) is 1.46. The van der Waals surface area contributed by atoms with Gasteiger partial charge in [-0.3, -0.25) is 0 Å². The van der Waals surface area contributed by atoms with Crippen LogP contribution in [0.1, 0.15) is 5.56 Å². The predicted octanol–water partition coefficient (Wildman–Crippen LogP) is 2.00. The molecule has 0 N–H and O–H groups in total. The van der Waals surface area contributed by atoms with Crippen LogP contribution in [0.15, 0.2) is 23.0 Å². The minimum atomic E-state index is -3.20. The van der Waals surface area contributed by atoms with E-state index in [1.807, 2.05) is 0 Å². The van der Waals surface area contributed by atoms with Crippen LogP contribution >= 0.6 is 0 Å². The molecule has 0 bridgehead atoms. The number of furan rings is 1. The van der Waals surface area contributed by atoms with Gasteiger partial charge in [-0.1, -0.05) is 0 Å². The first-order chi connectivity index (χ1) is 4.67. The van der Waals surface area contributed by atoms with Crippen LogP contribution in [-0.4, -0.2) is 0 Å². The molecule has 0 fully saturated rings. The first-order valence-corrected chi connectivity index (χ1v) is 2.55. The zero-order chi connectivity index (χ0) is 7.61. The molecule has 1 nitrogen and oxygen atoms in total. The molecule has 1 rings (SSSR count). The van der Waals surface area contributed by atoms with Crippen molar-refractivity contribution in [2.75, 3.05) is 0 Å². The predicted molar refractivity (Wildman–Crippen MR) is 31.4 cm³/mol. The Bertz CT molecular complexity index is 243. The summed E-state index contributed by atoms with van der Waals surface area (Å²) in [6, 6.07) is 1.14. The second-order valence-corrected chi connectivity index (χ2v) is 1.73. The van der Waals surface area contributed by atoms with Gasteiger partial charge in [0.1, 0.15) is 6.26 Å². The van der Waals surface area contributed by atoms with E-state index < -0.39 is 5.92 Å². The molecule has 0 aromatic carbocycles. The van der Waals surface area contributed by atoms with Gasteiger partial charge in [0.05, 0.1) is 11.8 Å². The summed E-state index contributed by atoms with van der Waals surface area (Å²) in [7, 11) is 0. The normalized spacial score (nSPS) is 10.9. The number of rotatable bonds is 1. The summed E-state index contributed by atoms with van der Waals surface area (Å²) in [4.78, 5) is 0. The molecule has 0 saturated carbocycles. The minimum absolute atomic E-state index is 0.282. The second kappa shape index (κ2) is 2.14. The first-order valence-electron chi connectivity index (χ1n) is 2.55. The minimum Gasteiger partial charge on any atom is -0.472 e. The highest BCUT2D eigenvalue weighted by molar-refractivity contribution is 5.22. The van der Waals surface area contributed by atoms with Gasteiger partial charge in [-0.05, 0) is 12.0 Å². The van der Waals surface area contributed by atoms with Crippen molar-refractivity contribution in [1.82, 2.24) is 0 Å². The van der Waals surface area contributed by atoms with Crippen LogP contribution in [0, 0.1) is 12.3 Å². The number of halogens is 2. The molecular weight excluding hydrogens is 138 g/mol. The molecule has 0 unspecified atom stereocenters. The molecule has 0 saturated heterocycles. The maximum Gasteiger partial charge on any atom is 0.336 e. The van der Waals surface area contributed by atoms with Crippen LogP contribution in [0.25, 0.3) is 0 Å². The third-order valence-electron chi connectivity index (χ3n) is 1.07.